The van der Waals surface area contributed by atoms with Crippen molar-refractivity contribution in [2.75, 3.05) is 17.3 Å². The Hall–Kier alpha value is -1.24. The van der Waals surface area contributed by atoms with E-state index < -0.39 is 0 Å². The van der Waals surface area contributed by atoms with Crippen molar-refractivity contribution in [3.05, 3.63) is 40.8 Å². The summed E-state index contributed by atoms with van der Waals surface area (Å²) in [5.74, 6) is 0.997. The molecule has 1 aliphatic carbocycles. The Bertz CT molecular complexity index is 758. The molecule has 1 aromatic carbocycles. The summed E-state index contributed by atoms with van der Waals surface area (Å²) in [6.45, 7) is 0.830. The number of hydrogen-bond donors (Lipinski definition) is 0. The summed E-state index contributed by atoms with van der Waals surface area (Å²) < 4.78 is 5.34. The maximum atomic E-state index is 13.5. The van der Waals surface area contributed by atoms with Gasteiger partial charge in [0, 0.05) is 5.75 Å². The number of allylic oxidation sites excluding steroid dienone is 1. The molecule has 6 heteroatoms. The quantitative estimate of drug-likeness (QED) is 0.751. The van der Waals surface area contributed by atoms with Gasteiger partial charge in [0.25, 0.3) is 0 Å². The topological polar surface area (TPSA) is 45.2 Å². The minimum Gasteiger partial charge on any atom is -0.372 e. The molecule has 1 aromatic rings. The van der Waals surface area contributed by atoms with Gasteiger partial charge in [-0.3, -0.25) is 9.69 Å². The second kappa shape index (κ2) is 6.49. The lowest BCUT2D eigenvalue weighted by molar-refractivity contribution is -0.120. The SMILES string of the molecule is O=C1[C@H]2C3=C(CCCC3)S[C@@H]2N=C(SC[C@@H]2CO2)N1c1ccccc1. The van der Waals surface area contributed by atoms with E-state index in [4.69, 9.17) is 9.73 Å². The Morgan fingerprint density at radius 2 is 2.04 bits per heavy atom. The Kier molecular flexibility index (Phi) is 4.14. The second-order valence-electron chi connectivity index (χ2n) is 6.83. The van der Waals surface area contributed by atoms with Crippen LogP contribution in [0.15, 0.2) is 45.8 Å². The van der Waals surface area contributed by atoms with E-state index in [0.717, 1.165) is 36.1 Å². The Morgan fingerprint density at radius 1 is 1.24 bits per heavy atom. The van der Waals surface area contributed by atoms with Crippen molar-refractivity contribution in [1.82, 2.24) is 0 Å². The van der Waals surface area contributed by atoms with Gasteiger partial charge in [-0.05, 0) is 48.3 Å². The molecule has 0 bridgehead atoms. The number of aliphatic imine (C=N–C) groups is 1. The first kappa shape index (κ1) is 16.0. The molecule has 0 N–H and O–H groups in total. The lowest BCUT2D eigenvalue weighted by atomic mass is 9.87. The molecule has 1 fully saturated rings. The number of hydrogen-bond acceptors (Lipinski definition) is 5. The van der Waals surface area contributed by atoms with E-state index in [-0.39, 0.29) is 17.2 Å². The number of amides is 1. The molecule has 25 heavy (non-hydrogen) atoms. The highest BCUT2D eigenvalue weighted by Gasteiger charge is 2.47. The zero-order valence-corrected chi connectivity index (χ0v) is 15.5. The van der Waals surface area contributed by atoms with Crippen LogP contribution in [0.25, 0.3) is 0 Å². The number of benzene rings is 1. The third-order valence-electron chi connectivity index (χ3n) is 5.11. The highest BCUT2D eigenvalue weighted by atomic mass is 32.2. The van der Waals surface area contributed by atoms with Crippen molar-refractivity contribution < 1.29 is 9.53 Å². The average molecular weight is 373 g/mol. The summed E-state index contributed by atoms with van der Waals surface area (Å²) in [6, 6.07) is 9.95. The molecule has 1 amide bonds. The van der Waals surface area contributed by atoms with Crippen LogP contribution in [0.5, 0.6) is 0 Å². The van der Waals surface area contributed by atoms with E-state index >= 15 is 0 Å². The molecular weight excluding hydrogens is 352 g/mol. The summed E-state index contributed by atoms with van der Waals surface area (Å²) in [4.78, 5) is 21.8. The molecule has 0 saturated carbocycles. The molecule has 130 valence electrons. The number of amidine groups is 1. The van der Waals surface area contributed by atoms with Crippen LogP contribution in [0.2, 0.25) is 0 Å². The number of carbonyl (C=O) groups is 1. The molecule has 0 aromatic heterocycles. The molecular formula is C19H20N2O2S2. The number of para-hydroxylation sites is 1. The van der Waals surface area contributed by atoms with Gasteiger partial charge >= 0.3 is 0 Å². The highest BCUT2D eigenvalue weighted by Crippen LogP contribution is 2.52. The van der Waals surface area contributed by atoms with Gasteiger partial charge in [-0.15, -0.1) is 11.8 Å². The van der Waals surface area contributed by atoms with E-state index in [1.807, 2.05) is 47.0 Å². The van der Waals surface area contributed by atoms with Gasteiger partial charge in [-0.1, -0.05) is 30.0 Å². The standard InChI is InChI=1S/C19H20N2O2S2/c22-18-16-14-8-4-5-9-15(14)25-17(16)20-19(24-11-13-10-23-13)21(18)12-6-2-1-3-7-12/h1-3,6-7,13,16-17H,4-5,8-11H2/t13-,16-,17-/m0/s1. The number of ether oxygens (including phenoxy) is 1. The van der Waals surface area contributed by atoms with Crippen LogP contribution in [0.1, 0.15) is 25.7 Å². The van der Waals surface area contributed by atoms with Gasteiger partial charge in [0.1, 0.15) is 5.37 Å². The zero-order valence-electron chi connectivity index (χ0n) is 13.9. The predicted molar refractivity (Wildman–Crippen MR) is 104 cm³/mol. The monoisotopic (exact) mass is 372 g/mol. The molecule has 3 atom stereocenters. The third kappa shape index (κ3) is 2.94. The Labute approximate surface area is 156 Å². The summed E-state index contributed by atoms with van der Waals surface area (Å²) in [5, 5.41) is 0.874. The summed E-state index contributed by atoms with van der Waals surface area (Å²) in [7, 11) is 0. The van der Waals surface area contributed by atoms with Gasteiger partial charge in [-0.25, -0.2) is 4.99 Å². The van der Waals surface area contributed by atoms with Gasteiger partial charge in [0.2, 0.25) is 5.91 Å². The van der Waals surface area contributed by atoms with Gasteiger partial charge in [0.05, 0.1) is 24.3 Å². The van der Waals surface area contributed by atoms with E-state index in [2.05, 4.69) is 0 Å². The first-order valence-corrected chi connectivity index (χ1v) is 10.8. The number of fused-ring (bicyclic) bond motifs is 2. The number of rotatable bonds is 3. The smallest absolute Gasteiger partial charge is 0.243 e. The Balaban J connectivity index is 1.51. The second-order valence-corrected chi connectivity index (χ2v) is 9.03. The normalized spacial score (nSPS) is 30.9. The number of anilines is 1. The van der Waals surface area contributed by atoms with Crippen LogP contribution < -0.4 is 4.90 Å². The fourth-order valence-electron chi connectivity index (χ4n) is 3.77. The maximum absolute atomic E-state index is 13.5. The summed E-state index contributed by atoms with van der Waals surface area (Å²) in [5.41, 5.74) is 2.29. The van der Waals surface area contributed by atoms with E-state index in [9.17, 15) is 4.79 Å². The molecule has 4 nitrogen and oxygen atoms in total. The highest BCUT2D eigenvalue weighted by molar-refractivity contribution is 8.14. The number of nitrogens with zero attached hydrogens (tertiary/aromatic N) is 2. The van der Waals surface area contributed by atoms with Gasteiger partial charge < -0.3 is 4.74 Å². The fourth-order valence-corrected chi connectivity index (χ4v) is 6.38. The van der Waals surface area contributed by atoms with Crippen LogP contribution in [0.3, 0.4) is 0 Å². The van der Waals surface area contributed by atoms with E-state index in [0.29, 0.717) is 6.10 Å². The molecule has 0 radical (unpaired) electrons. The van der Waals surface area contributed by atoms with Crippen LogP contribution in [0.4, 0.5) is 5.69 Å². The maximum Gasteiger partial charge on any atom is 0.243 e. The first-order chi connectivity index (χ1) is 12.3. The minimum atomic E-state index is -0.0676. The predicted octanol–water partition coefficient (Wildman–Crippen LogP) is 4.04. The van der Waals surface area contributed by atoms with Crippen molar-refractivity contribution in [1.29, 1.82) is 0 Å². The molecule has 3 aliphatic heterocycles. The fraction of sp³-hybridized carbons (Fsp3) is 0.474. The van der Waals surface area contributed by atoms with Crippen molar-refractivity contribution in [2.45, 2.75) is 37.2 Å². The van der Waals surface area contributed by atoms with Gasteiger partial charge in [-0.2, -0.15) is 0 Å². The lowest BCUT2D eigenvalue weighted by Gasteiger charge is -2.34. The average Bonchev–Trinajstić information content (AvgIpc) is 3.39. The third-order valence-corrected chi connectivity index (χ3v) is 7.57. The molecule has 5 rings (SSSR count). The summed E-state index contributed by atoms with van der Waals surface area (Å²) in [6.07, 6.45) is 4.95. The molecule has 3 heterocycles. The van der Waals surface area contributed by atoms with Crippen LogP contribution in [-0.2, 0) is 9.53 Å². The molecule has 1 saturated heterocycles. The molecule has 4 aliphatic rings. The van der Waals surface area contributed by atoms with Crippen LogP contribution >= 0.6 is 23.5 Å². The van der Waals surface area contributed by atoms with Crippen molar-refractivity contribution in [3.63, 3.8) is 0 Å². The van der Waals surface area contributed by atoms with Crippen molar-refractivity contribution in [2.24, 2.45) is 10.9 Å². The van der Waals surface area contributed by atoms with Gasteiger partial charge in [0.15, 0.2) is 5.17 Å². The molecule has 0 spiro atoms. The zero-order chi connectivity index (χ0) is 16.8. The summed E-state index contributed by atoms with van der Waals surface area (Å²) >= 11 is 3.49. The lowest BCUT2D eigenvalue weighted by Crippen LogP contribution is -2.47. The van der Waals surface area contributed by atoms with Crippen molar-refractivity contribution >= 4 is 40.3 Å². The number of epoxide rings is 1. The Morgan fingerprint density at radius 3 is 2.84 bits per heavy atom. The van der Waals surface area contributed by atoms with E-state index in [1.54, 1.807) is 11.8 Å². The van der Waals surface area contributed by atoms with Crippen LogP contribution in [-0.4, -0.2) is 34.9 Å². The largest absolute Gasteiger partial charge is 0.372 e. The number of thioether (sulfide) groups is 2. The van der Waals surface area contributed by atoms with Crippen molar-refractivity contribution in [3.8, 4) is 0 Å². The van der Waals surface area contributed by atoms with Crippen LogP contribution in [0, 0.1) is 5.92 Å². The first-order valence-electron chi connectivity index (χ1n) is 8.91. The molecule has 0 unspecified atom stereocenters. The minimum absolute atomic E-state index is 0.0400. The number of carbonyl (C=O) groups excluding carboxylic acids is 1. The van der Waals surface area contributed by atoms with E-state index in [1.165, 1.54) is 23.3 Å².